The lowest BCUT2D eigenvalue weighted by molar-refractivity contribution is -0.386. The van der Waals surface area contributed by atoms with Crippen LogP contribution in [0.4, 0.5) is 5.69 Å². The summed E-state index contributed by atoms with van der Waals surface area (Å²) < 4.78 is 5.64. The van der Waals surface area contributed by atoms with E-state index in [4.69, 9.17) is 9.84 Å². The van der Waals surface area contributed by atoms with Gasteiger partial charge >= 0.3 is 5.69 Å². The van der Waals surface area contributed by atoms with Crippen molar-refractivity contribution in [3.63, 3.8) is 0 Å². The summed E-state index contributed by atoms with van der Waals surface area (Å²) in [6, 6.07) is 10.3. The van der Waals surface area contributed by atoms with Gasteiger partial charge in [-0.25, -0.2) is 0 Å². The Morgan fingerprint density at radius 2 is 1.86 bits per heavy atom. The van der Waals surface area contributed by atoms with E-state index in [2.05, 4.69) is 0 Å². The summed E-state index contributed by atoms with van der Waals surface area (Å²) in [5, 5.41) is 20.2. The van der Waals surface area contributed by atoms with E-state index in [0.29, 0.717) is 5.56 Å². The highest BCUT2D eigenvalue weighted by molar-refractivity contribution is 5.48. The van der Waals surface area contributed by atoms with Crippen molar-refractivity contribution in [2.75, 3.05) is 0 Å². The minimum absolute atomic E-state index is 0.0987. The van der Waals surface area contributed by atoms with Crippen LogP contribution in [-0.2, 0) is 13.2 Å². The Morgan fingerprint density at radius 3 is 2.43 bits per heavy atom. The largest absolute Gasteiger partial charge is 0.482 e. The Kier molecular flexibility index (Phi) is 4.55. The average Bonchev–Trinajstić information content (AvgIpc) is 2.46. The number of hydrogen-bond acceptors (Lipinski definition) is 4. The number of aliphatic hydroxyl groups is 1. The molecule has 0 fully saturated rings. The topological polar surface area (TPSA) is 72.6 Å². The van der Waals surface area contributed by atoms with Crippen molar-refractivity contribution in [3.8, 4) is 5.75 Å². The van der Waals surface area contributed by atoms with E-state index >= 15 is 0 Å². The van der Waals surface area contributed by atoms with Crippen molar-refractivity contribution in [2.24, 2.45) is 0 Å². The molecule has 0 saturated heterocycles. The average molecular weight is 287 g/mol. The standard InChI is InChI=1S/C16H17NO4/c1-11-4-3-5-12(2)14(11)10-21-16-8-13(9-18)6-7-15(16)17(19)20/h3-8,18H,9-10H2,1-2H3. The summed E-state index contributed by atoms with van der Waals surface area (Å²) in [4.78, 5) is 10.5. The summed E-state index contributed by atoms with van der Waals surface area (Å²) >= 11 is 0. The maximum atomic E-state index is 11.0. The van der Waals surface area contributed by atoms with Gasteiger partial charge in [0.25, 0.3) is 0 Å². The minimum Gasteiger partial charge on any atom is -0.482 e. The lowest BCUT2D eigenvalue weighted by atomic mass is 10.0. The predicted molar refractivity (Wildman–Crippen MR) is 79.3 cm³/mol. The predicted octanol–water partition coefficient (Wildman–Crippen LogP) is 3.28. The van der Waals surface area contributed by atoms with Gasteiger partial charge < -0.3 is 9.84 Å². The van der Waals surface area contributed by atoms with Gasteiger partial charge in [0.2, 0.25) is 0 Å². The van der Waals surface area contributed by atoms with Crippen LogP contribution in [0.25, 0.3) is 0 Å². The third-order valence-corrected chi connectivity index (χ3v) is 3.42. The number of hydrogen-bond donors (Lipinski definition) is 1. The lowest BCUT2D eigenvalue weighted by Crippen LogP contribution is -2.03. The molecule has 0 amide bonds. The fraction of sp³-hybridized carbons (Fsp3) is 0.250. The first-order valence-electron chi connectivity index (χ1n) is 6.59. The molecule has 110 valence electrons. The zero-order valence-corrected chi connectivity index (χ0v) is 12.0. The number of benzene rings is 2. The highest BCUT2D eigenvalue weighted by Gasteiger charge is 2.16. The number of aliphatic hydroxyl groups excluding tert-OH is 1. The Morgan fingerprint density at radius 1 is 1.19 bits per heavy atom. The molecule has 2 aromatic carbocycles. The Hall–Kier alpha value is -2.40. The molecule has 0 bridgehead atoms. The van der Waals surface area contributed by atoms with Crippen molar-refractivity contribution >= 4 is 5.69 Å². The van der Waals surface area contributed by atoms with Crippen molar-refractivity contribution in [2.45, 2.75) is 27.1 Å². The molecule has 0 unspecified atom stereocenters. The molecule has 0 saturated carbocycles. The summed E-state index contributed by atoms with van der Waals surface area (Å²) in [5.74, 6) is 0.175. The Balaban J connectivity index is 2.28. The second-order valence-electron chi connectivity index (χ2n) is 4.88. The van der Waals surface area contributed by atoms with Crippen molar-refractivity contribution < 1.29 is 14.8 Å². The molecule has 0 aliphatic carbocycles. The highest BCUT2D eigenvalue weighted by Crippen LogP contribution is 2.29. The van der Waals surface area contributed by atoms with E-state index in [1.807, 2.05) is 32.0 Å². The van der Waals surface area contributed by atoms with Crippen molar-refractivity contribution in [1.82, 2.24) is 0 Å². The fourth-order valence-electron chi connectivity index (χ4n) is 2.15. The van der Waals surface area contributed by atoms with Gasteiger partial charge in [0, 0.05) is 6.07 Å². The van der Waals surface area contributed by atoms with Gasteiger partial charge in [0.1, 0.15) is 6.61 Å². The number of aryl methyl sites for hydroxylation is 2. The second-order valence-corrected chi connectivity index (χ2v) is 4.88. The van der Waals surface area contributed by atoms with E-state index in [1.165, 1.54) is 18.2 Å². The second kappa shape index (κ2) is 6.37. The van der Waals surface area contributed by atoms with Crippen LogP contribution in [0.2, 0.25) is 0 Å². The molecule has 0 aliphatic rings. The van der Waals surface area contributed by atoms with E-state index in [9.17, 15) is 10.1 Å². The third kappa shape index (κ3) is 3.38. The molecule has 0 heterocycles. The maximum absolute atomic E-state index is 11.0. The Bertz CT molecular complexity index is 647. The number of nitrogens with zero attached hydrogens (tertiary/aromatic N) is 1. The molecule has 5 heteroatoms. The fourth-order valence-corrected chi connectivity index (χ4v) is 2.15. The molecule has 0 aromatic heterocycles. The molecule has 21 heavy (non-hydrogen) atoms. The molecule has 0 atom stereocenters. The van der Waals surface area contributed by atoms with Crippen LogP contribution in [0.3, 0.4) is 0 Å². The number of ether oxygens (including phenoxy) is 1. The van der Waals surface area contributed by atoms with Gasteiger partial charge in [-0.1, -0.05) is 18.2 Å². The van der Waals surface area contributed by atoms with Crippen LogP contribution in [0.15, 0.2) is 36.4 Å². The van der Waals surface area contributed by atoms with Crippen molar-refractivity contribution in [1.29, 1.82) is 0 Å². The SMILES string of the molecule is Cc1cccc(C)c1COc1cc(CO)ccc1[N+](=O)[O-]. The maximum Gasteiger partial charge on any atom is 0.310 e. The number of rotatable bonds is 5. The highest BCUT2D eigenvalue weighted by atomic mass is 16.6. The van der Waals surface area contributed by atoms with Crippen molar-refractivity contribution in [3.05, 3.63) is 68.8 Å². The molecule has 0 aliphatic heterocycles. The third-order valence-electron chi connectivity index (χ3n) is 3.42. The van der Waals surface area contributed by atoms with Gasteiger partial charge in [-0.3, -0.25) is 10.1 Å². The molecule has 0 spiro atoms. The molecule has 2 aromatic rings. The zero-order chi connectivity index (χ0) is 15.4. The van der Waals surface area contributed by atoms with Crippen LogP contribution in [0.1, 0.15) is 22.3 Å². The van der Waals surface area contributed by atoms with Crippen LogP contribution in [-0.4, -0.2) is 10.0 Å². The monoisotopic (exact) mass is 287 g/mol. The van der Waals surface area contributed by atoms with Gasteiger partial charge in [-0.05, 0) is 48.2 Å². The normalized spacial score (nSPS) is 10.4. The number of nitro groups is 1. The molecule has 0 radical (unpaired) electrons. The van der Waals surface area contributed by atoms with Crippen LogP contribution < -0.4 is 4.74 Å². The summed E-state index contributed by atoms with van der Waals surface area (Å²) in [5.41, 5.74) is 3.66. The molecular weight excluding hydrogens is 270 g/mol. The zero-order valence-electron chi connectivity index (χ0n) is 12.0. The molecule has 5 nitrogen and oxygen atoms in total. The molecular formula is C16H17NO4. The molecule has 2 rings (SSSR count). The van der Waals surface area contributed by atoms with E-state index in [0.717, 1.165) is 16.7 Å². The van der Waals surface area contributed by atoms with Crippen LogP contribution in [0.5, 0.6) is 5.75 Å². The van der Waals surface area contributed by atoms with Crippen LogP contribution >= 0.6 is 0 Å². The van der Waals surface area contributed by atoms with Crippen LogP contribution in [0, 0.1) is 24.0 Å². The Labute approximate surface area is 123 Å². The smallest absolute Gasteiger partial charge is 0.310 e. The summed E-state index contributed by atoms with van der Waals surface area (Å²) in [7, 11) is 0. The van der Waals surface area contributed by atoms with Gasteiger partial charge in [0.05, 0.1) is 11.5 Å². The first kappa shape index (κ1) is 15.0. The quantitative estimate of drug-likeness (QED) is 0.676. The minimum atomic E-state index is -0.485. The van der Waals surface area contributed by atoms with Gasteiger partial charge in [-0.15, -0.1) is 0 Å². The molecule has 1 N–H and O–H groups in total. The first-order chi connectivity index (χ1) is 10.0. The summed E-state index contributed by atoms with van der Waals surface area (Å²) in [6.07, 6.45) is 0. The van der Waals surface area contributed by atoms with Gasteiger partial charge in [0.15, 0.2) is 5.75 Å². The van der Waals surface area contributed by atoms with E-state index in [1.54, 1.807) is 0 Å². The van der Waals surface area contributed by atoms with E-state index < -0.39 is 4.92 Å². The number of nitro benzene ring substituents is 1. The first-order valence-corrected chi connectivity index (χ1v) is 6.59. The van der Waals surface area contributed by atoms with Gasteiger partial charge in [-0.2, -0.15) is 0 Å². The lowest BCUT2D eigenvalue weighted by Gasteiger charge is -2.12. The summed E-state index contributed by atoms with van der Waals surface area (Å²) in [6.45, 7) is 4.03. The van der Waals surface area contributed by atoms with E-state index in [-0.39, 0.29) is 24.7 Å².